The van der Waals surface area contributed by atoms with Crippen molar-refractivity contribution in [3.63, 3.8) is 0 Å². The first-order chi connectivity index (χ1) is 19.2. The van der Waals surface area contributed by atoms with Crippen LogP contribution in [-0.4, -0.2) is 36.3 Å². The Bertz CT molecular complexity index is 1770. The molecule has 3 heterocycles. The lowest BCUT2D eigenvalue weighted by Gasteiger charge is -2.40. The van der Waals surface area contributed by atoms with Gasteiger partial charge in [-0.1, -0.05) is 53.6 Å². The van der Waals surface area contributed by atoms with Crippen LogP contribution in [0.15, 0.2) is 73.1 Å². The number of aromatic nitrogens is 4. The molecule has 1 aliphatic rings. The summed E-state index contributed by atoms with van der Waals surface area (Å²) >= 11 is 6.63. The van der Waals surface area contributed by atoms with Crippen molar-refractivity contribution in [2.45, 2.75) is 45.2 Å². The monoisotopic (exact) mass is 553 g/mol. The van der Waals surface area contributed by atoms with Crippen LogP contribution in [-0.2, 0) is 29.7 Å². The Balaban J connectivity index is 1.41. The van der Waals surface area contributed by atoms with Crippen LogP contribution >= 0.6 is 11.6 Å². The van der Waals surface area contributed by atoms with E-state index >= 15 is 0 Å². The number of benzene rings is 3. The van der Waals surface area contributed by atoms with Gasteiger partial charge in [-0.15, -0.1) is 0 Å². The number of hydrogen-bond donors (Lipinski definition) is 2. The van der Waals surface area contributed by atoms with Gasteiger partial charge in [0, 0.05) is 16.6 Å². The zero-order valence-corrected chi connectivity index (χ0v) is 22.9. The fraction of sp³-hybridized carbons (Fsp3) is 0.226. The molecule has 1 amide bonds. The van der Waals surface area contributed by atoms with Crippen LogP contribution in [0.3, 0.4) is 0 Å². The molecule has 0 spiro atoms. The van der Waals surface area contributed by atoms with Gasteiger partial charge < -0.3 is 15.0 Å². The third kappa shape index (κ3) is 4.54. The Morgan fingerprint density at radius 3 is 2.58 bits per heavy atom. The number of carboxylic acids is 1. The molecule has 0 radical (unpaired) electrons. The Hall–Kier alpha value is -4.43. The number of carboxylic acid groups (broad SMARTS) is 1. The van der Waals surface area contributed by atoms with Crippen molar-refractivity contribution in [2.24, 2.45) is 0 Å². The van der Waals surface area contributed by atoms with Gasteiger partial charge in [0.05, 0.1) is 34.8 Å². The number of hydrogen-bond acceptors (Lipinski definition) is 4. The molecular weight excluding hydrogens is 526 g/mol. The lowest BCUT2D eigenvalue weighted by Crippen LogP contribution is -2.51. The number of fused-ring (bicyclic) bond motifs is 3. The smallest absolute Gasteiger partial charge is 0.307 e. The largest absolute Gasteiger partial charge is 0.481 e. The molecule has 3 aromatic carbocycles. The minimum Gasteiger partial charge on any atom is -0.481 e. The summed E-state index contributed by atoms with van der Waals surface area (Å²) in [6.07, 6.45) is 2.79. The van der Waals surface area contributed by atoms with E-state index in [9.17, 15) is 14.7 Å². The number of halogens is 1. The molecule has 2 aromatic heterocycles. The van der Waals surface area contributed by atoms with E-state index in [0.717, 1.165) is 33.3 Å². The van der Waals surface area contributed by atoms with Gasteiger partial charge in [0.15, 0.2) is 0 Å². The van der Waals surface area contributed by atoms with E-state index in [1.807, 2.05) is 49.4 Å². The van der Waals surface area contributed by atoms with Crippen LogP contribution in [0.25, 0.3) is 16.6 Å². The second-order valence-electron chi connectivity index (χ2n) is 10.4. The summed E-state index contributed by atoms with van der Waals surface area (Å²) in [7, 11) is 0. The normalized spacial score (nSPS) is 16.6. The van der Waals surface area contributed by atoms with Gasteiger partial charge in [0.25, 0.3) is 5.91 Å². The van der Waals surface area contributed by atoms with E-state index in [-0.39, 0.29) is 12.3 Å². The Labute approximate surface area is 236 Å². The fourth-order valence-electron chi connectivity index (χ4n) is 5.84. The van der Waals surface area contributed by atoms with Gasteiger partial charge >= 0.3 is 5.97 Å². The maximum atomic E-state index is 13.8. The fourth-order valence-corrected chi connectivity index (χ4v) is 6.10. The number of amides is 1. The predicted molar refractivity (Wildman–Crippen MR) is 153 cm³/mol. The molecule has 0 saturated carbocycles. The first kappa shape index (κ1) is 25.8. The summed E-state index contributed by atoms with van der Waals surface area (Å²) in [5, 5.41) is 18.6. The maximum absolute atomic E-state index is 13.8. The molecule has 202 valence electrons. The summed E-state index contributed by atoms with van der Waals surface area (Å²) in [6, 6.07) is 21.3. The molecule has 6 rings (SSSR count). The first-order valence-corrected chi connectivity index (χ1v) is 13.5. The lowest BCUT2D eigenvalue weighted by molar-refractivity contribution is -0.136. The number of nitrogens with one attached hydrogen (secondary N) is 1. The van der Waals surface area contributed by atoms with Crippen molar-refractivity contribution >= 4 is 34.4 Å². The van der Waals surface area contributed by atoms with Crippen LogP contribution in [0.5, 0.6) is 0 Å². The van der Waals surface area contributed by atoms with Gasteiger partial charge in [-0.3, -0.25) is 9.59 Å². The molecule has 9 heteroatoms. The molecule has 0 saturated heterocycles. The number of nitrogens with zero attached hydrogens (tertiary/aromatic N) is 4. The van der Waals surface area contributed by atoms with Gasteiger partial charge in [-0.05, 0) is 68.1 Å². The van der Waals surface area contributed by atoms with Crippen molar-refractivity contribution < 1.29 is 14.7 Å². The molecule has 0 fully saturated rings. The Morgan fingerprint density at radius 2 is 1.88 bits per heavy atom. The lowest BCUT2D eigenvalue weighted by atomic mass is 9.81. The van der Waals surface area contributed by atoms with Crippen molar-refractivity contribution in [1.29, 1.82) is 0 Å². The summed E-state index contributed by atoms with van der Waals surface area (Å²) in [5.41, 5.74) is 5.22. The van der Waals surface area contributed by atoms with E-state index in [4.69, 9.17) is 11.6 Å². The SMILES string of the molecule is Cc1ccc2c(c1)c(CC(=O)O)c1n2C[C@@](NC(=O)c2ccc(-n3cnc(C)n3)cc2Cl)(c2ccccc2)CC1. The number of carbonyl (C=O) groups excluding carboxylic acids is 1. The molecular formula is C31H28ClN5O3. The summed E-state index contributed by atoms with van der Waals surface area (Å²) in [5.74, 6) is -0.501. The second kappa shape index (κ2) is 9.95. The predicted octanol–water partition coefficient (Wildman–Crippen LogP) is 5.39. The van der Waals surface area contributed by atoms with Crippen molar-refractivity contribution in [2.75, 3.05) is 0 Å². The number of aliphatic carboxylic acids is 1. The molecule has 1 aliphatic heterocycles. The van der Waals surface area contributed by atoms with Crippen LogP contribution < -0.4 is 5.32 Å². The van der Waals surface area contributed by atoms with Crippen molar-refractivity contribution in [3.05, 3.63) is 112 Å². The molecule has 0 bridgehead atoms. The van der Waals surface area contributed by atoms with Crippen LogP contribution in [0.2, 0.25) is 5.02 Å². The second-order valence-corrected chi connectivity index (χ2v) is 10.8. The van der Waals surface area contributed by atoms with Gasteiger partial charge in [0.2, 0.25) is 0 Å². The number of rotatable bonds is 6. The van der Waals surface area contributed by atoms with E-state index < -0.39 is 11.5 Å². The summed E-state index contributed by atoms with van der Waals surface area (Å²) in [4.78, 5) is 29.8. The Kier molecular flexibility index (Phi) is 6.43. The molecule has 1 atom stereocenters. The molecule has 40 heavy (non-hydrogen) atoms. The number of aryl methyl sites for hydroxylation is 2. The van der Waals surface area contributed by atoms with E-state index in [2.05, 4.69) is 26.0 Å². The van der Waals surface area contributed by atoms with Gasteiger partial charge in [-0.2, -0.15) is 5.10 Å². The van der Waals surface area contributed by atoms with Crippen LogP contribution in [0.4, 0.5) is 0 Å². The van der Waals surface area contributed by atoms with Gasteiger partial charge in [-0.25, -0.2) is 9.67 Å². The maximum Gasteiger partial charge on any atom is 0.307 e. The van der Waals surface area contributed by atoms with Crippen LogP contribution in [0, 0.1) is 13.8 Å². The summed E-state index contributed by atoms with van der Waals surface area (Å²) in [6.45, 7) is 4.28. The topological polar surface area (TPSA) is 102 Å². The van der Waals surface area contributed by atoms with E-state index in [0.29, 0.717) is 41.5 Å². The third-order valence-corrected chi connectivity index (χ3v) is 8.05. The van der Waals surface area contributed by atoms with Crippen molar-refractivity contribution in [3.8, 4) is 5.69 Å². The molecule has 5 aromatic rings. The minimum absolute atomic E-state index is 0.0414. The zero-order chi connectivity index (χ0) is 28.0. The van der Waals surface area contributed by atoms with E-state index in [1.54, 1.807) is 36.1 Å². The minimum atomic E-state index is -0.857. The standard InChI is InChI=1S/C31H28ClN5O3/c1-19-8-11-27-24(14-19)25(16-29(38)39)28-12-13-31(17-36(27)28,21-6-4-3-5-7-21)34-30(40)23-10-9-22(15-26(23)32)37-18-33-20(2)35-37/h3-11,14-15,18H,12-13,16-17H2,1-2H3,(H,34,40)(H,38,39)/t31-/m1/s1. The highest BCUT2D eigenvalue weighted by atomic mass is 35.5. The highest BCUT2D eigenvalue weighted by molar-refractivity contribution is 6.34. The van der Waals surface area contributed by atoms with Crippen LogP contribution in [0.1, 0.15) is 45.0 Å². The Morgan fingerprint density at radius 1 is 1.07 bits per heavy atom. The number of carbonyl (C=O) groups is 2. The quantitative estimate of drug-likeness (QED) is 0.293. The van der Waals surface area contributed by atoms with Crippen molar-refractivity contribution in [1.82, 2.24) is 24.6 Å². The molecule has 8 nitrogen and oxygen atoms in total. The average molecular weight is 554 g/mol. The highest BCUT2D eigenvalue weighted by Crippen LogP contribution is 2.40. The molecule has 0 unspecified atom stereocenters. The third-order valence-electron chi connectivity index (χ3n) is 7.73. The first-order valence-electron chi connectivity index (χ1n) is 13.1. The molecule has 2 N–H and O–H groups in total. The highest BCUT2D eigenvalue weighted by Gasteiger charge is 2.40. The average Bonchev–Trinajstić information content (AvgIpc) is 3.49. The summed E-state index contributed by atoms with van der Waals surface area (Å²) < 4.78 is 3.80. The van der Waals surface area contributed by atoms with Gasteiger partial charge in [0.1, 0.15) is 12.2 Å². The van der Waals surface area contributed by atoms with E-state index in [1.165, 1.54) is 0 Å². The zero-order valence-electron chi connectivity index (χ0n) is 22.2. The molecule has 0 aliphatic carbocycles.